The molecule has 2 nitrogen and oxygen atoms in total. The topological polar surface area (TPSA) is 46.2 Å². The van der Waals surface area contributed by atoms with Crippen LogP contribution in [0.5, 0.6) is 0 Å². The van der Waals surface area contributed by atoms with Gasteiger partial charge in [0.2, 0.25) is 0 Å². The lowest BCUT2D eigenvalue weighted by molar-refractivity contribution is -0.0243. The summed E-state index contributed by atoms with van der Waals surface area (Å²) in [6.45, 7) is 0. The Hall–Kier alpha value is -0.0800. The number of aliphatic hydroxyl groups excluding tert-OH is 1. The first kappa shape index (κ1) is 9.17. The van der Waals surface area contributed by atoms with Gasteiger partial charge in [-0.05, 0) is 49.4 Å². The third-order valence-electron chi connectivity index (χ3n) is 5.13. The molecule has 3 N–H and O–H groups in total. The largest absolute Gasteiger partial charge is 0.391 e. The summed E-state index contributed by atoms with van der Waals surface area (Å²) in [7, 11) is 0. The van der Waals surface area contributed by atoms with Crippen molar-refractivity contribution in [3.8, 4) is 0 Å². The van der Waals surface area contributed by atoms with Crippen LogP contribution in [0.2, 0.25) is 0 Å². The van der Waals surface area contributed by atoms with Gasteiger partial charge in [0, 0.05) is 6.04 Å². The summed E-state index contributed by atoms with van der Waals surface area (Å²) in [5, 5.41) is 10.2. The van der Waals surface area contributed by atoms with E-state index in [1.54, 1.807) is 0 Å². The van der Waals surface area contributed by atoms with E-state index >= 15 is 0 Å². The van der Waals surface area contributed by atoms with E-state index < -0.39 is 0 Å². The normalized spacial score (nSPS) is 57.0. The Morgan fingerprint density at radius 2 is 1.29 bits per heavy atom. The molecule has 0 saturated heterocycles. The van der Waals surface area contributed by atoms with Gasteiger partial charge in [0.25, 0.3) is 0 Å². The zero-order valence-electron chi connectivity index (χ0n) is 8.73. The van der Waals surface area contributed by atoms with Crippen molar-refractivity contribution in [3.05, 3.63) is 0 Å². The maximum Gasteiger partial charge on any atom is 0.0724 e. The van der Waals surface area contributed by atoms with Crippen molar-refractivity contribution in [2.24, 2.45) is 29.4 Å². The van der Waals surface area contributed by atoms with Gasteiger partial charge in [-0.3, -0.25) is 0 Å². The molecule has 0 aromatic carbocycles. The fraction of sp³-hybridized carbons (Fsp3) is 1.00. The standard InChI is InChI=1S/C12H21NO/c13-11-9-5-1-3-7(9)8-4-2-6-10(8)12(11)14/h7-12,14H,1-6,13H2/t7-,8-,9+,10+,11+,12-/m0/s1. The van der Waals surface area contributed by atoms with Crippen molar-refractivity contribution in [1.29, 1.82) is 0 Å². The van der Waals surface area contributed by atoms with Crippen molar-refractivity contribution in [2.75, 3.05) is 0 Å². The van der Waals surface area contributed by atoms with Crippen LogP contribution < -0.4 is 5.73 Å². The number of hydrogen-bond donors (Lipinski definition) is 2. The highest BCUT2D eigenvalue weighted by Gasteiger charge is 2.51. The zero-order valence-corrected chi connectivity index (χ0v) is 8.73. The summed E-state index contributed by atoms with van der Waals surface area (Å²) in [6, 6.07) is 0.0850. The van der Waals surface area contributed by atoms with E-state index in [-0.39, 0.29) is 12.1 Å². The van der Waals surface area contributed by atoms with Gasteiger partial charge < -0.3 is 10.8 Å². The van der Waals surface area contributed by atoms with Crippen LogP contribution in [0.3, 0.4) is 0 Å². The average Bonchev–Trinajstić information content (AvgIpc) is 2.80. The van der Waals surface area contributed by atoms with Crippen LogP contribution in [-0.4, -0.2) is 17.3 Å². The summed E-state index contributed by atoms with van der Waals surface area (Å²) in [5.41, 5.74) is 6.17. The Morgan fingerprint density at radius 1 is 0.786 bits per heavy atom. The molecule has 0 aromatic heterocycles. The van der Waals surface area contributed by atoms with E-state index in [1.807, 2.05) is 0 Å². The third kappa shape index (κ3) is 1.10. The molecule has 0 bridgehead atoms. The predicted molar refractivity (Wildman–Crippen MR) is 55.6 cm³/mol. The molecule has 0 unspecified atom stereocenters. The molecular weight excluding hydrogens is 174 g/mol. The van der Waals surface area contributed by atoms with Gasteiger partial charge in [0.15, 0.2) is 0 Å². The first-order chi connectivity index (χ1) is 6.79. The second-order valence-electron chi connectivity index (χ2n) is 5.59. The summed E-state index contributed by atoms with van der Waals surface area (Å²) in [6.07, 6.45) is 7.71. The maximum atomic E-state index is 10.2. The molecule has 6 atom stereocenters. The minimum Gasteiger partial charge on any atom is -0.391 e. The zero-order chi connectivity index (χ0) is 9.71. The Labute approximate surface area is 85.9 Å². The Morgan fingerprint density at radius 3 is 2.00 bits per heavy atom. The molecule has 3 aliphatic rings. The SMILES string of the molecule is N[C@H]1[C@@H](O)[C@@H]2CCC[C@H]2[C@@H]2CCC[C@@H]12. The number of rotatable bonds is 0. The number of nitrogens with two attached hydrogens (primary N) is 1. The van der Waals surface area contributed by atoms with E-state index in [1.165, 1.54) is 38.5 Å². The highest BCUT2D eigenvalue weighted by molar-refractivity contribution is 5.03. The fourth-order valence-electron chi connectivity index (χ4n) is 4.54. The predicted octanol–water partition coefficient (Wildman–Crippen LogP) is 1.52. The molecule has 0 aromatic rings. The monoisotopic (exact) mass is 195 g/mol. The summed E-state index contributed by atoms with van der Waals surface area (Å²) >= 11 is 0. The van der Waals surface area contributed by atoms with Crippen LogP contribution in [0.15, 0.2) is 0 Å². The third-order valence-corrected chi connectivity index (χ3v) is 5.13. The van der Waals surface area contributed by atoms with Gasteiger partial charge >= 0.3 is 0 Å². The van der Waals surface area contributed by atoms with Crippen LogP contribution in [0.1, 0.15) is 38.5 Å². The van der Waals surface area contributed by atoms with Crippen LogP contribution in [0.25, 0.3) is 0 Å². The number of hydrogen-bond acceptors (Lipinski definition) is 2. The van der Waals surface area contributed by atoms with Gasteiger partial charge in [0.1, 0.15) is 0 Å². The fourth-order valence-corrected chi connectivity index (χ4v) is 4.54. The van der Waals surface area contributed by atoms with E-state index in [4.69, 9.17) is 5.73 Å². The summed E-state index contributed by atoms with van der Waals surface area (Å²) in [4.78, 5) is 0. The summed E-state index contributed by atoms with van der Waals surface area (Å²) in [5.74, 6) is 2.87. The molecule has 14 heavy (non-hydrogen) atoms. The van der Waals surface area contributed by atoms with Gasteiger partial charge in [-0.15, -0.1) is 0 Å². The molecule has 3 saturated carbocycles. The second-order valence-corrected chi connectivity index (χ2v) is 5.59. The molecule has 0 radical (unpaired) electrons. The van der Waals surface area contributed by atoms with Crippen molar-refractivity contribution in [3.63, 3.8) is 0 Å². The van der Waals surface area contributed by atoms with E-state index in [2.05, 4.69) is 0 Å². The number of fused-ring (bicyclic) bond motifs is 3. The number of aliphatic hydroxyl groups is 1. The second kappa shape index (κ2) is 3.21. The van der Waals surface area contributed by atoms with E-state index in [9.17, 15) is 5.11 Å². The Kier molecular flexibility index (Phi) is 2.10. The first-order valence-corrected chi connectivity index (χ1v) is 6.22. The van der Waals surface area contributed by atoms with Crippen LogP contribution >= 0.6 is 0 Å². The molecule has 3 fully saturated rings. The van der Waals surface area contributed by atoms with Crippen LogP contribution in [-0.2, 0) is 0 Å². The quantitative estimate of drug-likeness (QED) is 0.615. The van der Waals surface area contributed by atoms with Gasteiger partial charge in [-0.1, -0.05) is 12.8 Å². The maximum absolute atomic E-state index is 10.2. The molecule has 2 heteroatoms. The Bertz CT molecular complexity index is 206. The average molecular weight is 195 g/mol. The molecule has 3 aliphatic carbocycles. The smallest absolute Gasteiger partial charge is 0.0724 e. The minimum atomic E-state index is -0.193. The Balaban J connectivity index is 1.89. The van der Waals surface area contributed by atoms with Gasteiger partial charge in [0.05, 0.1) is 6.10 Å². The van der Waals surface area contributed by atoms with Crippen LogP contribution in [0.4, 0.5) is 0 Å². The van der Waals surface area contributed by atoms with Crippen LogP contribution in [0, 0.1) is 23.7 Å². The molecule has 0 aliphatic heterocycles. The van der Waals surface area contributed by atoms with Crippen molar-refractivity contribution in [1.82, 2.24) is 0 Å². The van der Waals surface area contributed by atoms with Crippen molar-refractivity contribution in [2.45, 2.75) is 50.7 Å². The van der Waals surface area contributed by atoms with Crippen molar-refractivity contribution < 1.29 is 5.11 Å². The minimum absolute atomic E-state index is 0.0850. The van der Waals surface area contributed by atoms with E-state index in [0.29, 0.717) is 11.8 Å². The van der Waals surface area contributed by atoms with Gasteiger partial charge in [-0.2, -0.15) is 0 Å². The molecule has 0 amide bonds. The lowest BCUT2D eigenvalue weighted by atomic mass is 9.66. The molecule has 80 valence electrons. The molecule has 3 rings (SSSR count). The molecule has 0 spiro atoms. The molecular formula is C12H21NO. The molecule has 0 heterocycles. The highest BCUT2D eigenvalue weighted by Crippen LogP contribution is 2.53. The summed E-state index contributed by atoms with van der Waals surface area (Å²) < 4.78 is 0. The lowest BCUT2D eigenvalue weighted by Crippen LogP contribution is -2.53. The highest BCUT2D eigenvalue weighted by atomic mass is 16.3. The van der Waals surface area contributed by atoms with Crippen molar-refractivity contribution >= 4 is 0 Å². The first-order valence-electron chi connectivity index (χ1n) is 6.22. The van der Waals surface area contributed by atoms with Gasteiger partial charge in [-0.25, -0.2) is 0 Å². The lowest BCUT2D eigenvalue weighted by Gasteiger charge is -2.44. The van der Waals surface area contributed by atoms with E-state index in [0.717, 1.165) is 11.8 Å².